The van der Waals surface area contributed by atoms with Crippen LogP contribution in [-0.4, -0.2) is 9.93 Å². The molecule has 0 N–H and O–H groups in total. The van der Waals surface area contributed by atoms with Crippen molar-refractivity contribution >= 4 is 11.4 Å². The maximum atomic E-state index is 13.5. The van der Waals surface area contributed by atoms with Crippen LogP contribution in [0.2, 0.25) is 0 Å². The van der Waals surface area contributed by atoms with Gasteiger partial charge in [-0.15, -0.1) is 5.11 Å². The van der Waals surface area contributed by atoms with Crippen molar-refractivity contribution in [1.82, 2.24) is 5.01 Å². The summed E-state index contributed by atoms with van der Waals surface area (Å²) in [6, 6.07) is 23.0. The normalized spacial score (nSPS) is 10.9. The summed E-state index contributed by atoms with van der Waals surface area (Å²) in [6.45, 7) is 1.03. The van der Waals surface area contributed by atoms with Crippen molar-refractivity contribution < 1.29 is 9.31 Å². The number of rotatable bonds is 7. The van der Waals surface area contributed by atoms with Crippen LogP contribution in [0.15, 0.2) is 89.2 Å². The molecule has 0 atom stereocenters. The maximum Gasteiger partial charge on any atom is 0.307 e. The summed E-state index contributed by atoms with van der Waals surface area (Å²) in [6.07, 6.45) is 0. The van der Waals surface area contributed by atoms with Gasteiger partial charge in [-0.3, -0.25) is 15.1 Å². The lowest BCUT2D eigenvalue weighted by molar-refractivity contribution is -0.387. The van der Waals surface area contributed by atoms with Gasteiger partial charge in [0.15, 0.2) is 0 Å². The van der Waals surface area contributed by atoms with Crippen molar-refractivity contribution in [2.45, 2.75) is 13.1 Å². The predicted molar refractivity (Wildman–Crippen MR) is 99.7 cm³/mol. The van der Waals surface area contributed by atoms with Gasteiger partial charge in [0.25, 0.3) is 0 Å². The average molecular weight is 364 g/mol. The molecule has 0 amide bonds. The molecule has 0 aliphatic heterocycles. The number of nitro benzene ring substituents is 1. The predicted octanol–water partition coefficient (Wildman–Crippen LogP) is 5.44. The highest BCUT2D eigenvalue weighted by Crippen LogP contribution is 2.24. The lowest BCUT2D eigenvalue weighted by Gasteiger charge is -2.18. The van der Waals surface area contributed by atoms with E-state index < -0.39 is 16.4 Å². The van der Waals surface area contributed by atoms with E-state index in [-0.39, 0.29) is 5.69 Å². The first kappa shape index (κ1) is 18.2. The van der Waals surface area contributed by atoms with Gasteiger partial charge in [-0.1, -0.05) is 65.9 Å². The first-order valence-electron chi connectivity index (χ1n) is 8.30. The Morgan fingerprint density at radius 3 is 1.96 bits per heavy atom. The highest BCUT2D eigenvalue weighted by molar-refractivity contribution is 5.47. The third kappa shape index (κ3) is 5.18. The Bertz CT molecular complexity index is 892. The molecule has 136 valence electrons. The molecule has 0 heterocycles. The molecule has 27 heavy (non-hydrogen) atoms. The fraction of sp³-hybridized carbons (Fsp3) is 0.100. The number of benzene rings is 3. The quantitative estimate of drug-likeness (QED) is 0.319. The Kier molecular flexibility index (Phi) is 5.84. The molecule has 3 aromatic carbocycles. The summed E-state index contributed by atoms with van der Waals surface area (Å²) in [5.74, 6) is -0.899. The van der Waals surface area contributed by atoms with E-state index in [1.165, 1.54) is 6.07 Å². The van der Waals surface area contributed by atoms with Gasteiger partial charge >= 0.3 is 5.69 Å². The van der Waals surface area contributed by atoms with E-state index in [9.17, 15) is 14.5 Å². The molecule has 0 aliphatic rings. The van der Waals surface area contributed by atoms with E-state index in [0.717, 1.165) is 23.3 Å². The topological polar surface area (TPSA) is 71.1 Å². The SMILES string of the molecule is O=[N+]([O-])c1cc(N=NN(Cc2ccccc2)Cc2ccccc2)ccc1F. The van der Waals surface area contributed by atoms with Crippen LogP contribution in [0.1, 0.15) is 11.1 Å². The van der Waals surface area contributed by atoms with Crippen molar-refractivity contribution in [2.75, 3.05) is 0 Å². The van der Waals surface area contributed by atoms with Crippen molar-refractivity contribution in [3.8, 4) is 0 Å². The van der Waals surface area contributed by atoms with Gasteiger partial charge in [-0.05, 0) is 23.3 Å². The molecule has 7 heteroatoms. The summed E-state index contributed by atoms with van der Waals surface area (Å²) < 4.78 is 13.5. The van der Waals surface area contributed by atoms with Crippen LogP contribution in [0.3, 0.4) is 0 Å². The first-order chi connectivity index (χ1) is 13.1. The lowest BCUT2D eigenvalue weighted by Crippen LogP contribution is -2.15. The number of nitrogens with zero attached hydrogens (tertiary/aromatic N) is 4. The van der Waals surface area contributed by atoms with Gasteiger partial charge in [0.2, 0.25) is 5.82 Å². The van der Waals surface area contributed by atoms with Crippen LogP contribution >= 0.6 is 0 Å². The Labute approximate surface area is 155 Å². The fourth-order valence-corrected chi connectivity index (χ4v) is 2.53. The zero-order valence-corrected chi connectivity index (χ0v) is 14.4. The molecule has 0 fully saturated rings. The third-order valence-electron chi connectivity index (χ3n) is 3.83. The molecular weight excluding hydrogens is 347 g/mol. The highest BCUT2D eigenvalue weighted by atomic mass is 19.1. The minimum absolute atomic E-state index is 0.217. The van der Waals surface area contributed by atoms with E-state index in [1.807, 2.05) is 60.7 Å². The van der Waals surface area contributed by atoms with E-state index in [4.69, 9.17) is 0 Å². The van der Waals surface area contributed by atoms with Crippen LogP contribution in [0.25, 0.3) is 0 Å². The van der Waals surface area contributed by atoms with E-state index in [0.29, 0.717) is 13.1 Å². The fourth-order valence-electron chi connectivity index (χ4n) is 2.53. The van der Waals surface area contributed by atoms with E-state index in [1.54, 1.807) is 5.01 Å². The molecule has 0 saturated carbocycles. The van der Waals surface area contributed by atoms with Gasteiger partial charge in [0.05, 0.1) is 23.7 Å². The molecule has 0 saturated heterocycles. The van der Waals surface area contributed by atoms with E-state index >= 15 is 0 Å². The molecule has 3 rings (SSSR count). The largest absolute Gasteiger partial charge is 0.307 e. The van der Waals surface area contributed by atoms with Gasteiger partial charge in [0.1, 0.15) is 0 Å². The first-order valence-corrected chi connectivity index (χ1v) is 8.30. The van der Waals surface area contributed by atoms with Crippen LogP contribution in [-0.2, 0) is 13.1 Å². The Balaban J connectivity index is 1.83. The van der Waals surface area contributed by atoms with Crippen LogP contribution in [0.4, 0.5) is 15.8 Å². The van der Waals surface area contributed by atoms with Crippen LogP contribution in [0, 0.1) is 15.9 Å². The molecule has 0 aromatic heterocycles. The van der Waals surface area contributed by atoms with Crippen LogP contribution in [0.5, 0.6) is 0 Å². The Morgan fingerprint density at radius 2 is 1.44 bits per heavy atom. The zero-order valence-electron chi connectivity index (χ0n) is 14.4. The van der Waals surface area contributed by atoms with Crippen LogP contribution < -0.4 is 0 Å². The van der Waals surface area contributed by atoms with Crippen molar-refractivity contribution in [3.63, 3.8) is 0 Å². The van der Waals surface area contributed by atoms with Gasteiger partial charge in [0, 0.05) is 6.07 Å². The third-order valence-corrected chi connectivity index (χ3v) is 3.83. The van der Waals surface area contributed by atoms with Crippen molar-refractivity contribution in [1.29, 1.82) is 0 Å². The minimum atomic E-state index is -0.899. The summed E-state index contributed by atoms with van der Waals surface area (Å²) in [5.41, 5.74) is 1.70. The maximum absolute atomic E-state index is 13.5. The van der Waals surface area contributed by atoms with Gasteiger partial charge in [-0.2, -0.15) is 4.39 Å². The monoisotopic (exact) mass is 364 g/mol. The summed E-state index contributed by atoms with van der Waals surface area (Å²) in [7, 11) is 0. The second-order valence-corrected chi connectivity index (χ2v) is 5.88. The molecule has 0 radical (unpaired) electrons. The molecule has 0 aliphatic carbocycles. The lowest BCUT2D eigenvalue weighted by atomic mass is 10.2. The van der Waals surface area contributed by atoms with Gasteiger partial charge in [-0.25, -0.2) is 0 Å². The smallest absolute Gasteiger partial charge is 0.270 e. The summed E-state index contributed by atoms with van der Waals surface area (Å²) in [4.78, 5) is 10.1. The molecule has 3 aromatic rings. The highest BCUT2D eigenvalue weighted by Gasteiger charge is 2.14. The number of hydrogen-bond donors (Lipinski definition) is 0. The molecule has 0 spiro atoms. The molecular formula is C20H17FN4O2. The Hall–Kier alpha value is -3.61. The number of halogens is 1. The second kappa shape index (κ2) is 8.66. The van der Waals surface area contributed by atoms with Crippen molar-refractivity contribution in [3.05, 3.63) is 106 Å². The number of hydrogen-bond acceptors (Lipinski definition) is 4. The van der Waals surface area contributed by atoms with E-state index in [2.05, 4.69) is 10.3 Å². The van der Waals surface area contributed by atoms with Crippen molar-refractivity contribution in [2.24, 2.45) is 10.3 Å². The Morgan fingerprint density at radius 1 is 0.889 bits per heavy atom. The molecule has 0 unspecified atom stereocenters. The second-order valence-electron chi connectivity index (χ2n) is 5.88. The summed E-state index contributed by atoms with van der Waals surface area (Å²) in [5, 5.41) is 20.9. The van der Waals surface area contributed by atoms with Gasteiger partial charge < -0.3 is 0 Å². The molecule has 0 bridgehead atoms. The summed E-state index contributed by atoms with van der Waals surface area (Å²) >= 11 is 0. The zero-order chi connectivity index (χ0) is 19.1. The molecule has 6 nitrogen and oxygen atoms in total. The average Bonchev–Trinajstić information content (AvgIpc) is 2.68. The number of nitro groups is 1. The minimum Gasteiger partial charge on any atom is -0.270 e. The standard InChI is InChI=1S/C20H17FN4O2/c21-19-12-11-18(13-20(19)25(26)27)22-23-24(14-16-7-3-1-4-8-16)15-17-9-5-2-6-10-17/h1-13H,14-15H2.